The first kappa shape index (κ1) is 36.5. The molecule has 0 amide bonds. The molecule has 0 bridgehead atoms. The molecular formula is C42H67FN2O3S. The number of fused-ring (bicyclic) bond motifs is 7. The van der Waals surface area contributed by atoms with Gasteiger partial charge in [0.1, 0.15) is 11.5 Å². The van der Waals surface area contributed by atoms with Gasteiger partial charge in [0.05, 0.1) is 13.3 Å². The molecule has 11 unspecified atom stereocenters. The van der Waals surface area contributed by atoms with Crippen LogP contribution in [-0.4, -0.2) is 71.4 Å². The minimum Gasteiger partial charge on any atom is -0.616 e. The summed E-state index contributed by atoms with van der Waals surface area (Å²) < 4.78 is 31.2. The lowest BCUT2D eigenvalue weighted by atomic mass is 9.33. The van der Waals surface area contributed by atoms with Crippen LogP contribution < -0.4 is 5.32 Å². The second-order valence-electron chi connectivity index (χ2n) is 18.9. The van der Waals surface area contributed by atoms with Crippen molar-refractivity contribution in [3.8, 4) is 0 Å². The van der Waals surface area contributed by atoms with Gasteiger partial charge in [-0.15, -0.1) is 0 Å². The van der Waals surface area contributed by atoms with Crippen molar-refractivity contribution in [2.75, 3.05) is 44.4 Å². The summed E-state index contributed by atoms with van der Waals surface area (Å²) in [7, 11) is 0. The Morgan fingerprint density at radius 1 is 1.00 bits per heavy atom. The molecule has 5 nitrogen and oxygen atoms in total. The van der Waals surface area contributed by atoms with E-state index in [-0.39, 0.29) is 35.6 Å². The highest BCUT2D eigenvalue weighted by Crippen LogP contribution is 2.76. The minimum absolute atomic E-state index is 0.160. The molecule has 11 atom stereocenters. The lowest BCUT2D eigenvalue weighted by Crippen LogP contribution is -2.67. The number of ether oxygens (including phenoxy) is 1. The zero-order valence-electron chi connectivity index (χ0n) is 31.7. The van der Waals surface area contributed by atoms with E-state index >= 15 is 0 Å². The third-order valence-corrected chi connectivity index (χ3v) is 18.2. The third kappa shape index (κ3) is 5.84. The smallest absolute Gasteiger partial charge is 0.328 e. The Labute approximate surface area is 300 Å². The molecule has 1 heterocycles. The highest BCUT2D eigenvalue weighted by Gasteiger charge is 2.69. The van der Waals surface area contributed by atoms with Gasteiger partial charge < -0.3 is 14.6 Å². The number of carbonyl (C=O) groups excluding carboxylic acids is 1. The van der Waals surface area contributed by atoms with Crippen LogP contribution in [0, 0.1) is 51.2 Å². The molecule has 4 saturated carbocycles. The fourth-order valence-electron chi connectivity index (χ4n) is 14.2. The molecule has 6 aliphatic carbocycles. The summed E-state index contributed by atoms with van der Waals surface area (Å²) in [5.41, 5.74) is 4.54. The van der Waals surface area contributed by atoms with Crippen molar-refractivity contribution in [2.24, 2.45) is 51.2 Å². The monoisotopic (exact) mass is 698 g/mol. The fraction of sp³-hybridized carbons (Fsp3) is 0.881. The van der Waals surface area contributed by atoms with Crippen LogP contribution >= 0.6 is 0 Å². The molecule has 5 fully saturated rings. The van der Waals surface area contributed by atoms with Crippen LogP contribution in [0.25, 0.3) is 0 Å². The Morgan fingerprint density at radius 3 is 2.55 bits per heavy atom. The average Bonchev–Trinajstić information content (AvgIpc) is 3.50. The van der Waals surface area contributed by atoms with Crippen LogP contribution in [0.15, 0.2) is 23.3 Å². The number of rotatable bonds is 8. The number of halogens is 1. The Balaban J connectivity index is 1.07. The maximum Gasteiger partial charge on any atom is 0.328 e. The maximum atomic E-state index is 13.4. The molecule has 1 aliphatic heterocycles. The van der Waals surface area contributed by atoms with Crippen molar-refractivity contribution >= 4 is 17.1 Å². The van der Waals surface area contributed by atoms with Gasteiger partial charge in [-0.25, -0.2) is 0 Å². The molecule has 1 N–H and O–H groups in total. The Kier molecular flexibility index (Phi) is 10.1. The summed E-state index contributed by atoms with van der Waals surface area (Å²) in [5, 5.41) is 4.18. The normalized spacial score (nSPS) is 46.4. The summed E-state index contributed by atoms with van der Waals surface area (Å²) in [4.78, 5) is 15.0. The fourth-order valence-corrected chi connectivity index (χ4v) is 15.5. The van der Waals surface area contributed by atoms with Crippen molar-refractivity contribution in [3.05, 3.63) is 23.3 Å². The van der Waals surface area contributed by atoms with E-state index < -0.39 is 11.2 Å². The molecule has 7 rings (SSSR count). The topological polar surface area (TPSA) is 64.6 Å². The zero-order chi connectivity index (χ0) is 34.8. The molecule has 1 saturated heterocycles. The zero-order valence-corrected chi connectivity index (χ0v) is 32.5. The third-order valence-electron chi connectivity index (χ3n) is 16.8. The van der Waals surface area contributed by atoms with Gasteiger partial charge in [0.15, 0.2) is 6.04 Å². The maximum absolute atomic E-state index is 13.4. The summed E-state index contributed by atoms with van der Waals surface area (Å²) in [6, 6.07) is -0.377. The summed E-state index contributed by atoms with van der Waals surface area (Å²) >= 11 is -0.943. The van der Waals surface area contributed by atoms with Gasteiger partial charge in [0, 0.05) is 25.2 Å². The quantitative estimate of drug-likeness (QED) is 0.204. The molecule has 0 radical (unpaired) electrons. The molecule has 49 heavy (non-hydrogen) atoms. The largest absolute Gasteiger partial charge is 0.616 e. The summed E-state index contributed by atoms with van der Waals surface area (Å²) in [5.74, 6) is 4.00. The Morgan fingerprint density at radius 2 is 1.82 bits per heavy atom. The van der Waals surface area contributed by atoms with Gasteiger partial charge in [0.25, 0.3) is 0 Å². The summed E-state index contributed by atoms with van der Waals surface area (Å²) in [6.07, 6.45) is 21.2. The van der Waals surface area contributed by atoms with Crippen molar-refractivity contribution in [2.45, 2.75) is 137 Å². The van der Waals surface area contributed by atoms with Crippen LogP contribution in [-0.2, 0) is 20.7 Å². The molecule has 0 spiro atoms. The van der Waals surface area contributed by atoms with E-state index in [9.17, 15) is 13.7 Å². The van der Waals surface area contributed by atoms with E-state index in [0.29, 0.717) is 46.8 Å². The van der Waals surface area contributed by atoms with Crippen LogP contribution in [0.4, 0.5) is 4.39 Å². The number of esters is 1. The first-order valence-electron chi connectivity index (χ1n) is 20.3. The van der Waals surface area contributed by atoms with Crippen LogP contribution in [0.5, 0.6) is 0 Å². The number of nitrogens with zero attached hydrogens (tertiary/aromatic N) is 1. The summed E-state index contributed by atoms with van der Waals surface area (Å²) in [6.45, 7) is 17.7. The molecule has 0 aromatic heterocycles. The molecular weight excluding hydrogens is 632 g/mol. The molecule has 7 aliphatic rings. The van der Waals surface area contributed by atoms with Crippen molar-refractivity contribution < 1.29 is 18.5 Å². The van der Waals surface area contributed by atoms with E-state index in [4.69, 9.17) is 4.74 Å². The number of hydrogen-bond acceptors (Lipinski definition) is 5. The van der Waals surface area contributed by atoms with Gasteiger partial charge >= 0.3 is 5.97 Å². The predicted octanol–water partition coefficient (Wildman–Crippen LogP) is 8.41. The second-order valence-corrected chi connectivity index (χ2v) is 20.6. The van der Waals surface area contributed by atoms with Gasteiger partial charge in [-0.3, -0.25) is 14.1 Å². The van der Waals surface area contributed by atoms with Gasteiger partial charge in [0.2, 0.25) is 0 Å². The number of carbonyl (C=O) groups is 1. The van der Waals surface area contributed by atoms with E-state index in [1.54, 1.807) is 5.57 Å². The van der Waals surface area contributed by atoms with Crippen molar-refractivity contribution in [3.63, 3.8) is 0 Å². The first-order valence-corrected chi connectivity index (χ1v) is 21.8. The SMILES string of the molecule is CCOC(=O)C1C[S+]([O-])CCN1CCNC12CCCC1C1CCC3C4(C)CC=C(C5=CCC(CF)CC5)C(C)(C)C4CCC3(C)C1(C)CC2. The first-order chi connectivity index (χ1) is 23.3. The standard InChI is InChI=1S/C42H67FN2O3S/c1-7-48-37(46)34-28-49(47)26-25-45(34)24-23-44-42-18-8-9-33(42)32-14-15-36-39(4)19-16-31(30-12-10-29(27-43)11-13-30)38(2,3)35(39)17-20-41(36,6)40(32,5)21-22-42/h12,16,29,32-36,44H,7-11,13-15,17-28H2,1-6H3. The van der Waals surface area contributed by atoms with E-state index in [0.717, 1.165) is 50.1 Å². The number of hydrogen-bond donors (Lipinski definition) is 1. The van der Waals surface area contributed by atoms with Crippen LogP contribution in [0.1, 0.15) is 125 Å². The molecule has 0 aromatic carbocycles. The predicted molar refractivity (Wildman–Crippen MR) is 198 cm³/mol. The van der Waals surface area contributed by atoms with Crippen LogP contribution in [0.3, 0.4) is 0 Å². The lowest BCUT2D eigenvalue weighted by molar-refractivity contribution is -0.218. The lowest BCUT2D eigenvalue weighted by Gasteiger charge is -2.72. The number of allylic oxidation sites excluding steroid dienone is 4. The van der Waals surface area contributed by atoms with E-state index in [1.807, 2.05) is 6.92 Å². The number of nitrogens with one attached hydrogen (secondary N) is 1. The van der Waals surface area contributed by atoms with Gasteiger partial charge in [-0.2, -0.15) is 0 Å². The minimum atomic E-state index is -0.943. The number of alkyl halides is 1. The highest BCUT2D eigenvalue weighted by molar-refractivity contribution is 7.91. The highest BCUT2D eigenvalue weighted by atomic mass is 32.2. The second kappa shape index (κ2) is 13.5. The van der Waals surface area contributed by atoms with E-state index in [1.165, 1.54) is 69.8 Å². The molecule has 276 valence electrons. The average molecular weight is 699 g/mol. The van der Waals surface area contributed by atoms with Crippen molar-refractivity contribution in [1.82, 2.24) is 10.2 Å². The molecule has 7 heteroatoms. The molecule has 0 aromatic rings. The van der Waals surface area contributed by atoms with Crippen molar-refractivity contribution in [1.29, 1.82) is 0 Å². The Hall–Kier alpha value is -0.890. The van der Waals surface area contributed by atoms with Gasteiger partial charge in [-0.05, 0) is 146 Å². The van der Waals surface area contributed by atoms with Gasteiger partial charge in [-0.1, -0.05) is 64.4 Å². The van der Waals surface area contributed by atoms with Crippen LogP contribution in [0.2, 0.25) is 0 Å². The Bertz CT molecular complexity index is 1320. The van der Waals surface area contributed by atoms with E-state index in [2.05, 4.69) is 57.0 Å².